The minimum absolute atomic E-state index is 0.0520. The van der Waals surface area contributed by atoms with Crippen LogP contribution in [0.5, 0.6) is 0 Å². The Balaban J connectivity index is 1.42. The number of thioether (sulfide) groups is 1. The second kappa shape index (κ2) is 8.66. The number of anilines is 1. The fourth-order valence-electron chi connectivity index (χ4n) is 3.58. The summed E-state index contributed by atoms with van der Waals surface area (Å²) in [6, 6.07) is 18.3. The second-order valence-corrected chi connectivity index (χ2v) is 8.25. The summed E-state index contributed by atoms with van der Waals surface area (Å²) in [7, 11) is 0. The summed E-state index contributed by atoms with van der Waals surface area (Å²) < 4.78 is 2.09. The molecule has 0 bridgehead atoms. The lowest BCUT2D eigenvalue weighted by molar-refractivity contribution is -0.113. The van der Waals surface area contributed by atoms with Crippen molar-refractivity contribution in [1.29, 1.82) is 0 Å². The molecular formula is C23H24N4OS. The second-order valence-electron chi connectivity index (χ2n) is 7.31. The summed E-state index contributed by atoms with van der Waals surface area (Å²) in [5.41, 5.74) is 3.27. The first-order valence-electron chi connectivity index (χ1n) is 9.74. The van der Waals surface area contributed by atoms with Gasteiger partial charge < -0.3 is 9.88 Å². The molecule has 0 aliphatic heterocycles. The predicted octanol–water partition coefficient (Wildman–Crippen LogP) is 4.77. The molecule has 1 aromatic heterocycles. The Morgan fingerprint density at radius 2 is 2.03 bits per heavy atom. The standard InChI is InChI=1S/C23H24N4OS/c1-3-12-27-22(20-14-19(20)17-9-5-4-6-10-17)25-26-23(27)29-15-21(28)24-18-11-7-8-16(2)13-18/h3-11,13,19-20H,1,12,14-15H2,2H3,(H,24,28). The van der Waals surface area contributed by atoms with E-state index in [1.54, 1.807) is 0 Å². The molecular weight excluding hydrogens is 380 g/mol. The molecule has 1 heterocycles. The van der Waals surface area contributed by atoms with Crippen molar-refractivity contribution in [2.75, 3.05) is 11.1 Å². The van der Waals surface area contributed by atoms with Gasteiger partial charge in [0.25, 0.3) is 0 Å². The van der Waals surface area contributed by atoms with E-state index in [2.05, 4.69) is 50.9 Å². The quantitative estimate of drug-likeness (QED) is 0.434. The van der Waals surface area contributed by atoms with Crippen molar-refractivity contribution in [1.82, 2.24) is 14.8 Å². The number of allylic oxidation sites excluding steroid dienone is 1. The number of nitrogens with one attached hydrogen (secondary N) is 1. The number of aromatic nitrogens is 3. The first-order chi connectivity index (χ1) is 14.2. The van der Waals surface area contributed by atoms with E-state index in [1.807, 2.05) is 43.3 Å². The van der Waals surface area contributed by atoms with Crippen LogP contribution in [0.2, 0.25) is 0 Å². The van der Waals surface area contributed by atoms with Gasteiger partial charge in [0, 0.05) is 18.2 Å². The molecule has 0 saturated heterocycles. The van der Waals surface area contributed by atoms with E-state index >= 15 is 0 Å². The van der Waals surface area contributed by atoms with Crippen LogP contribution < -0.4 is 5.32 Å². The molecule has 3 aromatic rings. The Morgan fingerprint density at radius 3 is 2.79 bits per heavy atom. The molecule has 4 rings (SSSR count). The largest absolute Gasteiger partial charge is 0.325 e. The van der Waals surface area contributed by atoms with Crippen LogP contribution in [0.1, 0.15) is 35.2 Å². The average Bonchev–Trinajstić information content (AvgIpc) is 3.42. The minimum atomic E-state index is -0.0520. The van der Waals surface area contributed by atoms with E-state index in [-0.39, 0.29) is 11.7 Å². The molecule has 1 aliphatic carbocycles. The van der Waals surface area contributed by atoms with Crippen molar-refractivity contribution >= 4 is 23.4 Å². The van der Waals surface area contributed by atoms with Gasteiger partial charge >= 0.3 is 0 Å². The zero-order valence-corrected chi connectivity index (χ0v) is 17.2. The summed E-state index contributed by atoms with van der Waals surface area (Å²) in [5, 5.41) is 12.5. The molecule has 1 N–H and O–H groups in total. The van der Waals surface area contributed by atoms with Gasteiger partial charge in [0.1, 0.15) is 5.82 Å². The van der Waals surface area contributed by atoms with Crippen LogP contribution >= 0.6 is 11.8 Å². The summed E-state index contributed by atoms with van der Waals surface area (Å²) >= 11 is 1.41. The Bertz CT molecular complexity index is 1010. The third-order valence-corrected chi connectivity index (χ3v) is 6.01. The molecule has 1 aliphatic rings. The Labute approximate surface area is 175 Å². The van der Waals surface area contributed by atoms with Crippen LogP contribution in [0, 0.1) is 6.92 Å². The molecule has 29 heavy (non-hydrogen) atoms. The highest BCUT2D eigenvalue weighted by atomic mass is 32.2. The molecule has 2 unspecified atom stereocenters. The highest BCUT2D eigenvalue weighted by Crippen LogP contribution is 2.54. The van der Waals surface area contributed by atoms with Crippen molar-refractivity contribution in [2.45, 2.75) is 36.9 Å². The van der Waals surface area contributed by atoms with Crippen LogP contribution in [0.25, 0.3) is 0 Å². The topological polar surface area (TPSA) is 59.8 Å². The van der Waals surface area contributed by atoms with Crippen molar-refractivity contribution < 1.29 is 4.79 Å². The molecule has 0 spiro atoms. The van der Waals surface area contributed by atoms with Crippen LogP contribution in [-0.2, 0) is 11.3 Å². The van der Waals surface area contributed by atoms with Gasteiger partial charge in [-0.2, -0.15) is 0 Å². The maximum Gasteiger partial charge on any atom is 0.234 e. The number of hydrogen-bond acceptors (Lipinski definition) is 4. The molecule has 1 saturated carbocycles. The molecule has 148 valence electrons. The van der Waals surface area contributed by atoms with Gasteiger partial charge in [0.05, 0.1) is 5.75 Å². The fourth-order valence-corrected chi connectivity index (χ4v) is 4.34. The number of aryl methyl sites for hydroxylation is 1. The highest BCUT2D eigenvalue weighted by Gasteiger charge is 2.43. The molecule has 2 atom stereocenters. The summed E-state index contributed by atoms with van der Waals surface area (Å²) in [6.45, 7) is 6.51. The molecule has 0 radical (unpaired) electrons. The third-order valence-electron chi connectivity index (χ3n) is 5.04. The normalized spacial score (nSPS) is 17.7. The van der Waals surface area contributed by atoms with Gasteiger partial charge in [-0.15, -0.1) is 16.8 Å². The Morgan fingerprint density at radius 1 is 1.21 bits per heavy atom. The van der Waals surface area contributed by atoms with Crippen LogP contribution in [0.3, 0.4) is 0 Å². The number of nitrogens with zero attached hydrogens (tertiary/aromatic N) is 3. The molecule has 1 fully saturated rings. The number of amides is 1. The number of carbonyl (C=O) groups excluding carboxylic acids is 1. The van der Waals surface area contributed by atoms with Crippen LogP contribution in [0.4, 0.5) is 5.69 Å². The Kier molecular flexibility index (Phi) is 5.81. The van der Waals surface area contributed by atoms with Gasteiger partial charge in [-0.3, -0.25) is 4.79 Å². The smallest absolute Gasteiger partial charge is 0.234 e. The molecule has 5 nitrogen and oxygen atoms in total. The van der Waals surface area contributed by atoms with E-state index in [4.69, 9.17) is 0 Å². The third kappa shape index (κ3) is 4.59. The van der Waals surface area contributed by atoms with Crippen molar-refractivity contribution in [2.24, 2.45) is 0 Å². The lowest BCUT2D eigenvalue weighted by Gasteiger charge is -2.08. The molecule has 2 aromatic carbocycles. The van der Waals surface area contributed by atoms with E-state index < -0.39 is 0 Å². The van der Waals surface area contributed by atoms with E-state index in [0.29, 0.717) is 18.4 Å². The zero-order chi connectivity index (χ0) is 20.2. The van der Waals surface area contributed by atoms with E-state index in [0.717, 1.165) is 28.7 Å². The van der Waals surface area contributed by atoms with Crippen molar-refractivity contribution in [3.8, 4) is 0 Å². The zero-order valence-electron chi connectivity index (χ0n) is 16.4. The average molecular weight is 405 g/mol. The van der Waals surface area contributed by atoms with Gasteiger partial charge in [0.2, 0.25) is 5.91 Å². The van der Waals surface area contributed by atoms with Gasteiger partial charge in [-0.25, -0.2) is 0 Å². The maximum absolute atomic E-state index is 12.3. The summed E-state index contributed by atoms with van der Waals surface area (Å²) in [4.78, 5) is 12.3. The van der Waals surface area contributed by atoms with Crippen LogP contribution in [-0.4, -0.2) is 26.4 Å². The lowest BCUT2D eigenvalue weighted by atomic mass is 10.1. The SMILES string of the molecule is C=CCn1c(SCC(=O)Nc2cccc(C)c2)nnc1C1CC1c1ccccc1. The predicted molar refractivity (Wildman–Crippen MR) is 117 cm³/mol. The van der Waals surface area contributed by atoms with E-state index in [1.165, 1.54) is 17.3 Å². The number of rotatable bonds is 8. The molecule has 1 amide bonds. The number of hydrogen-bond donors (Lipinski definition) is 1. The van der Waals surface area contributed by atoms with Gasteiger partial charge in [0.15, 0.2) is 5.16 Å². The monoisotopic (exact) mass is 404 g/mol. The van der Waals surface area contributed by atoms with Crippen molar-refractivity contribution in [3.63, 3.8) is 0 Å². The first kappa shape index (κ1) is 19.5. The maximum atomic E-state index is 12.3. The fraction of sp³-hybridized carbons (Fsp3) is 0.261. The van der Waals surface area contributed by atoms with Crippen LogP contribution in [0.15, 0.2) is 72.4 Å². The van der Waals surface area contributed by atoms with E-state index in [9.17, 15) is 4.79 Å². The first-order valence-corrected chi connectivity index (χ1v) is 10.7. The Hall–Kier alpha value is -2.86. The minimum Gasteiger partial charge on any atom is -0.325 e. The summed E-state index contributed by atoms with van der Waals surface area (Å²) in [5.74, 6) is 2.09. The van der Waals surface area contributed by atoms with Gasteiger partial charge in [-0.1, -0.05) is 60.3 Å². The van der Waals surface area contributed by atoms with Gasteiger partial charge in [-0.05, 0) is 42.5 Å². The highest BCUT2D eigenvalue weighted by molar-refractivity contribution is 7.99. The van der Waals surface area contributed by atoms with Crippen molar-refractivity contribution in [3.05, 3.63) is 84.2 Å². The lowest BCUT2D eigenvalue weighted by Crippen LogP contribution is -2.14. The molecule has 6 heteroatoms. The summed E-state index contributed by atoms with van der Waals surface area (Å²) in [6.07, 6.45) is 2.93. The number of benzene rings is 2. The number of carbonyl (C=O) groups is 1.